The molecule has 2 fully saturated rings. The van der Waals surface area contributed by atoms with Crippen molar-refractivity contribution in [3.05, 3.63) is 29.0 Å². The zero-order valence-corrected chi connectivity index (χ0v) is 18.2. The van der Waals surface area contributed by atoms with Crippen LogP contribution in [0.3, 0.4) is 0 Å². The molecule has 4 rings (SSSR count). The van der Waals surface area contributed by atoms with Gasteiger partial charge in [-0.05, 0) is 25.8 Å². The number of likely N-dealkylation sites (tertiary alicyclic amines) is 1. The molecular weight excluding hydrogens is 425 g/mol. The van der Waals surface area contributed by atoms with Crippen molar-refractivity contribution in [2.75, 3.05) is 20.2 Å². The normalized spacial score (nSPS) is 23.9. The summed E-state index contributed by atoms with van der Waals surface area (Å²) in [7, 11) is 1.51. The van der Waals surface area contributed by atoms with Gasteiger partial charge in [-0.3, -0.25) is 14.7 Å². The monoisotopic (exact) mass is 449 g/mol. The van der Waals surface area contributed by atoms with E-state index in [9.17, 15) is 14.0 Å². The summed E-state index contributed by atoms with van der Waals surface area (Å²) in [5.74, 6) is -0.00441. The molecule has 3 heterocycles. The predicted octanol–water partition coefficient (Wildman–Crippen LogP) is 2.99. The van der Waals surface area contributed by atoms with Crippen molar-refractivity contribution in [1.29, 1.82) is 0 Å². The molecule has 10 heteroatoms. The van der Waals surface area contributed by atoms with Crippen molar-refractivity contribution in [2.24, 2.45) is 5.92 Å². The molecule has 0 radical (unpaired) electrons. The number of amides is 2. The number of ether oxygens (including phenoxy) is 1. The predicted molar refractivity (Wildman–Crippen MR) is 113 cm³/mol. The molecule has 2 amide bonds. The number of H-pyrrole nitrogens is 1. The summed E-state index contributed by atoms with van der Waals surface area (Å²) in [6.07, 6.45) is 3.35. The molecule has 0 bridgehead atoms. The van der Waals surface area contributed by atoms with Crippen LogP contribution in [0.4, 0.5) is 4.39 Å². The van der Waals surface area contributed by atoms with Crippen LogP contribution in [0.5, 0.6) is 5.88 Å². The number of halogens is 2. The third kappa shape index (κ3) is 4.66. The maximum atomic E-state index is 13.6. The molecule has 1 aliphatic carbocycles. The Morgan fingerprint density at radius 2 is 2.03 bits per heavy atom. The first kappa shape index (κ1) is 21.5. The Balaban J connectivity index is 1.34. The third-order valence-electron chi connectivity index (χ3n) is 5.97. The number of aromatic amines is 1. The molecular formula is C21H25ClFN5O3. The first-order chi connectivity index (χ1) is 14.8. The number of hydrogen-bond acceptors (Lipinski definition) is 5. The van der Waals surface area contributed by atoms with Gasteiger partial charge in [-0.2, -0.15) is 5.10 Å². The van der Waals surface area contributed by atoms with Gasteiger partial charge < -0.3 is 15.0 Å². The first-order valence-corrected chi connectivity index (χ1v) is 10.7. The Hall–Kier alpha value is -2.68. The van der Waals surface area contributed by atoms with Crippen LogP contribution in [0.2, 0.25) is 5.02 Å². The van der Waals surface area contributed by atoms with Gasteiger partial charge in [0.2, 0.25) is 11.8 Å². The fourth-order valence-electron chi connectivity index (χ4n) is 4.20. The molecule has 0 aromatic carbocycles. The number of piperidine rings is 1. The fraction of sp³-hybridized carbons (Fsp3) is 0.524. The molecule has 2 aromatic rings. The third-order valence-corrected chi connectivity index (χ3v) is 6.27. The van der Waals surface area contributed by atoms with Gasteiger partial charge in [0.15, 0.2) is 5.69 Å². The van der Waals surface area contributed by atoms with Crippen molar-refractivity contribution in [2.45, 2.75) is 44.3 Å². The number of nitrogens with one attached hydrogen (secondary N) is 2. The van der Waals surface area contributed by atoms with Crippen LogP contribution in [-0.4, -0.2) is 63.8 Å². The van der Waals surface area contributed by atoms with E-state index in [-0.39, 0.29) is 29.5 Å². The van der Waals surface area contributed by atoms with Crippen LogP contribution in [0.1, 0.15) is 43.1 Å². The number of carbonyl (C=O) groups is 2. The van der Waals surface area contributed by atoms with Crippen molar-refractivity contribution in [3.8, 4) is 17.1 Å². The number of alkyl halides is 1. The lowest BCUT2D eigenvalue weighted by atomic mass is 9.78. The lowest BCUT2D eigenvalue weighted by Gasteiger charge is -2.40. The summed E-state index contributed by atoms with van der Waals surface area (Å²) in [4.78, 5) is 31.0. The summed E-state index contributed by atoms with van der Waals surface area (Å²) in [6.45, 7) is 2.49. The van der Waals surface area contributed by atoms with E-state index in [0.717, 1.165) is 0 Å². The van der Waals surface area contributed by atoms with Crippen molar-refractivity contribution in [3.63, 3.8) is 0 Å². The zero-order valence-electron chi connectivity index (χ0n) is 17.5. The molecule has 8 nitrogen and oxygen atoms in total. The van der Waals surface area contributed by atoms with E-state index in [4.69, 9.17) is 16.3 Å². The van der Waals surface area contributed by atoms with Gasteiger partial charge in [0, 0.05) is 49.5 Å². The van der Waals surface area contributed by atoms with Crippen LogP contribution in [0.15, 0.2) is 18.3 Å². The van der Waals surface area contributed by atoms with Crippen LogP contribution < -0.4 is 10.1 Å². The molecule has 31 heavy (non-hydrogen) atoms. The molecule has 1 aliphatic heterocycles. The second-order valence-corrected chi connectivity index (χ2v) is 8.87. The van der Waals surface area contributed by atoms with Crippen molar-refractivity contribution >= 4 is 23.4 Å². The van der Waals surface area contributed by atoms with Gasteiger partial charge >= 0.3 is 0 Å². The van der Waals surface area contributed by atoms with Crippen LogP contribution in [0, 0.1) is 5.92 Å². The first-order valence-electron chi connectivity index (χ1n) is 10.3. The number of nitrogens with zero attached hydrogens (tertiary/aromatic N) is 3. The minimum absolute atomic E-state index is 0.0454. The van der Waals surface area contributed by atoms with Gasteiger partial charge in [0.05, 0.1) is 24.0 Å². The maximum Gasteiger partial charge on any atom is 0.274 e. The van der Waals surface area contributed by atoms with Gasteiger partial charge in [-0.25, -0.2) is 9.37 Å². The van der Waals surface area contributed by atoms with Crippen molar-refractivity contribution in [1.82, 2.24) is 25.4 Å². The molecule has 1 saturated carbocycles. The quantitative estimate of drug-likeness (QED) is 0.730. The maximum absolute atomic E-state index is 13.6. The molecule has 0 unspecified atom stereocenters. The number of methoxy groups -OCH3 is 1. The number of pyridine rings is 1. The summed E-state index contributed by atoms with van der Waals surface area (Å²) in [5, 5.41) is 10.3. The van der Waals surface area contributed by atoms with Gasteiger partial charge in [0.1, 0.15) is 5.67 Å². The average Bonchev–Trinajstić information content (AvgIpc) is 3.22. The second-order valence-electron chi connectivity index (χ2n) is 8.47. The van der Waals surface area contributed by atoms with E-state index in [2.05, 4.69) is 20.5 Å². The Kier molecular flexibility index (Phi) is 5.88. The van der Waals surface area contributed by atoms with Gasteiger partial charge in [-0.1, -0.05) is 11.6 Å². The Labute approximate surface area is 184 Å². The highest BCUT2D eigenvalue weighted by Crippen LogP contribution is 2.36. The highest BCUT2D eigenvalue weighted by atomic mass is 35.5. The topological polar surface area (TPSA) is 100 Å². The number of hydrogen-bond donors (Lipinski definition) is 2. The van der Waals surface area contributed by atoms with Crippen LogP contribution in [-0.2, 0) is 4.79 Å². The van der Waals surface area contributed by atoms with E-state index in [0.29, 0.717) is 60.9 Å². The molecule has 2 aromatic heterocycles. The summed E-state index contributed by atoms with van der Waals surface area (Å²) in [6, 6.07) is 3.23. The zero-order chi connectivity index (χ0) is 22.2. The summed E-state index contributed by atoms with van der Waals surface area (Å²) >= 11 is 6.22. The average molecular weight is 450 g/mol. The smallest absolute Gasteiger partial charge is 0.274 e. The van der Waals surface area contributed by atoms with E-state index < -0.39 is 5.67 Å². The SMILES string of the molecule is COc1cc(-c2cc(C(=O)N3CCC(C(=O)NC4CC(C)(F)C4)CC3)n[nH]2)c(Cl)cn1. The summed E-state index contributed by atoms with van der Waals surface area (Å²) in [5.41, 5.74) is 0.336. The highest BCUT2D eigenvalue weighted by Gasteiger charge is 2.42. The lowest BCUT2D eigenvalue weighted by Crippen LogP contribution is -2.53. The van der Waals surface area contributed by atoms with E-state index in [1.54, 1.807) is 24.0 Å². The van der Waals surface area contributed by atoms with Gasteiger partial charge in [-0.15, -0.1) is 0 Å². The lowest BCUT2D eigenvalue weighted by molar-refractivity contribution is -0.128. The summed E-state index contributed by atoms with van der Waals surface area (Å²) < 4.78 is 18.7. The molecule has 0 spiro atoms. The second kappa shape index (κ2) is 8.45. The minimum atomic E-state index is -1.16. The number of rotatable bonds is 5. The van der Waals surface area contributed by atoms with Gasteiger partial charge in [0.25, 0.3) is 5.91 Å². The molecule has 1 saturated heterocycles. The van der Waals surface area contributed by atoms with Crippen LogP contribution >= 0.6 is 11.6 Å². The molecule has 2 aliphatic rings. The highest BCUT2D eigenvalue weighted by molar-refractivity contribution is 6.33. The molecule has 166 valence electrons. The largest absolute Gasteiger partial charge is 0.481 e. The molecule has 0 atom stereocenters. The van der Waals surface area contributed by atoms with E-state index in [1.807, 2.05) is 0 Å². The molecule has 2 N–H and O–H groups in total. The van der Waals surface area contributed by atoms with E-state index in [1.165, 1.54) is 13.3 Å². The fourth-order valence-corrected chi connectivity index (χ4v) is 4.41. The van der Waals surface area contributed by atoms with Crippen molar-refractivity contribution < 1.29 is 18.7 Å². The Morgan fingerprint density at radius 3 is 2.68 bits per heavy atom. The minimum Gasteiger partial charge on any atom is -0.481 e. The Bertz CT molecular complexity index is 979. The number of aromatic nitrogens is 3. The standard InChI is InChI=1S/C21H25ClFN5O3/c1-21(23)9-13(10-21)25-19(29)12-3-5-28(6-4-12)20(30)17-8-16(26-27-17)14-7-18(31-2)24-11-15(14)22/h7-8,11-13H,3-6,9-10H2,1-2H3,(H,25,29)(H,26,27). The van der Waals surface area contributed by atoms with Crippen LogP contribution in [0.25, 0.3) is 11.3 Å². The number of carbonyl (C=O) groups excluding carboxylic acids is 2. The van der Waals surface area contributed by atoms with E-state index >= 15 is 0 Å². The Morgan fingerprint density at radius 1 is 1.32 bits per heavy atom.